The number of hydrogen-bond acceptors (Lipinski definition) is 5. The van der Waals surface area contributed by atoms with Crippen LogP contribution in [0.25, 0.3) is 27.4 Å². The van der Waals surface area contributed by atoms with Crippen LogP contribution >= 0.6 is 11.3 Å². The summed E-state index contributed by atoms with van der Waals surface area (Å²) in [4.78, 5) is 21.8. The van der Waals surface area contributed by atoms with Gasteiger partial charge in [0.2, 0.25) is 0 Å². The molecule has 0 aliphatic carbocycles. The first-order chi connectivity index (χ1) is 14.2. The Kier molecular flexibility index (Phi) is 4.22. The molecule has 5 rings (SSSR count). The van der Waals surface area contributed by atoms with Crippen LogP contribution in [-0.2, 0) is 0 Å². The van der Waals surface area contributed by atoms with Crippen molar-refractivity contribution in [3.8, 4) is 16.4 Å². The highest BCUT2D eigenvalue weighted by atomic mass is 32.1. The van der Waals surface area contributed by atoms with Gasteiger partial charge in [-0.15, -0.1) is 11.3 Å². The first-order valence-electron chi connectivity index (χ1n) is 9.04. The number of carbonyl (C=O) groups is 1. The molecule has 1 amide bonds. The number of rotatable bonds is 4. The molecule has 6 nitrogen and oxygen atoms in total. The Labute approximate surface area is 170 Å². The standard InChI is InChI=1S/C22H16N4O2S/c1-14-23-12-20(25-21(27)19-11-16-9-5-6-10-18(16)28-19)26(14)22-24-17(13-29-22)15-7-3-2-4-8-15/h2-13H,1H3,(H,25,27). The minimum Gasteiger partial charge on any atom is -0.451 e. The third-order valence-corrected chi connectivity index (χ3v) is 5.41. The zero-order valence-corrected chi connectivity index (χ0v) is 16.3. The number of thiazole rings is 1. The van der Waals surface area contributed by atoms with Crippen LogP contribution in [-0.4, -0.2) is 20.4 Å². The molecule has 0 aliphatic heterocycles. The Balaban J connectivity index is 1.46. The van der Waals surface area contributed by atoms with Crippen LogP contribution in [0.2, 0.25) is 0 Å². The number of hydrogen-bond donors (Lipinski definition) is 1. The Morgan fingerprint density at radius 2 is 1.90 bits per heavy atom. The molecule has 5 aromatic rings. The van der Waals surface area contributed by atoms with Gasteiger partial charge in [-0.1, -0.05) is 48.5 Å². The minimum atomic E-state index is -0.331. The van der Waals surface area contributed by atoms with E-state index in [0.29, 0.717) is 11.4 Å². The zero-order chi connectivity index (χ0) is 19.8. The Hall–Kier alpha value is -3.71. The minimum absolute atomic E-state index is 0.251. The highest BCUT2D eigenvalue weighted by Crippen LogP contribution is 2.28. The quantitative estimate of drug-likeness (QED) is 0.444. The largest absolute Gasteiger partial charge is 0.451 e. The van der Waals surface area contributed by atoms with E-state index >= 15 is 0 Å². The predicted octanol–water partition coefficient (Wildman–Crippen LogP) is 5.30. The van der Waals surface area contributed by atoms with Crippen molar-refractivity contribution < 1.29 is 9.21 Å². The fourth-order valence-corrected chi connectivity index (χ4v) is 4.05. The first-order valence-corrected chi connectivity index (χ1v) is 9.92. The van der Waals surface area contributed by atoms with Gasteiger partial charge in [0.05, 0.1) is 11.9 Å². The molecule has 0 aliphatic rings. The summed E-state index contributed by atoms with van der Waals surface area (Å²) in [5, 5.41) is 6.50. The Morgan fingerprint density at radius 3 is 2.72 bits per heavy atom. The molecule has 0 radical (unpaired) electrons. The van der Waals surface area contributed by atoms with Crippen molar-refractivity contribution in [3.63, 3.8) is 0 Å². The number of nitrogens with zero attached hydrogens (tertiary/aromatic N) is 3. The van der Waals surface area contributed by atoms with E-state index in [1.54, 1.807) is 12.3 Å². The highest BCUT2D eigenvalue weighted by Gasteiger charge is 2.18. The average Bonchev–Trinajstić information content (AvgIpc) is 3.47. The van der Waals surface area contributed by atoms with Crippen molar-refractivity contribution in [1.82, 2.24) is 14.5 Å². The monoisotopic (exact) mass is 400 g/mol. The summed E-state index contributed by atoms with van der Waals surface area (Å²) in [6, 6.07) is 19.2. The molecule has 1 N–H and O–H groups in total. The molecule has 142 valence electrons. The van der Waals surface area contributed by atoms with Crippen LogP contribution in [0.15, 0.2) is 76.7 Å². The van der Waals surface area contributed by atoms with Crippen LogP contribution in [0.1, 0.15) is 16.4 Å². The molecule has 7 heteroatoms. The third-order valence-electron chi connectivity index (χ3n) is 4.58. The van der Waals surface area contributed by atoms with E-state index < -0.39 is 0 Å². The average molecular weight is 400 g/mol. The number of aryl methyl sites for hydroxylation is 1. The molecule has 2 aromatic carbocycles. The van der Waals surface area contributed by atoms with Crippen LogP contribution in [0, 0.1) is 6.92 Å². The van der Waals surface area contributed by atoms with E-state index in [1.165, 1.54) is 11.3 Å². The van der Waals surface area contributed by atoms with E-state index in [0.717, 1.165) is 27.6 Å². The molecule has 0 spiro atoms. The SMILES string of the molecule is Cc1ncc(NC(=O)c2cc3ccccc3o2)n1-c1nc(-c2ccccc2)cs1. The second kappa shape index (κ2) is 7.03. The maximum absolute atomic E-state index is 12.7. The lowest BCUT2D eigenvalue weighted by atomic mass is 10.2. The van der Waals surface area contributed by atoms with E-state index in [4.69, 9.17) is 9.40 Å². The number of benzene rings is 2. The number of aromatic nitrogens is 3. The maximum Gasteiger partial charge on any atom is 0.292 e. The van der Waals surface area contributed by atoms with Crippen LogP contribution in [0.4, 0.5) is 5.82 Å². The van der Waals surface area contributed by atoms with Gasteiger partial charge in [-0.25, -0.2) is 9.97 Å². The van der Waals surface area contributed by atoms with Gasteiger partial charge in [-0.3, -0.25) is 9.36 Å². The summed E-state index contributed by atoms with van der Waals surface area (Å²) in [6.07, 6.45) is 1.62. The predicted molar refractivity (Wildman–Crippen MR) is 114 cm³/mol. The fourth-order valence-electron chi connectivity index (χ4n) is 3.15. The second-order valence-corrected chi connectivity index (χ2v) is 7.35. The van der Waals surface area contributed by atoms with Crippen molar-refractivity contribution in [3.05, 3.63) is 83.8 Å². The Bertz CT molecular complexity index is 1280. The van der Waals surface area contributed by atoms with E-state index in [1.807, 2.05) is 71.5 Å². The molecule has 0 bridgehead atoms. The number of furan rings is 1. The van der Waals surface area contributed by atoms with E-state index in [-0.39, 0.29) is 11.7 Å². The molecule has 3 aromatic heterocycles. The van der Waals surface area contributed by atoms with Gasteiger partial charge in [-0.05, 0) is 19.1 Å². The van der Waals surface area contributed by atoms with Crippen LogP contribution in [0.3, 0.4) is 0 Å². The van der Waals surface area contributed by atoms with Crippen molar-refractivity contribution in [2.24, 2.45) is 0 Å². The fraction of sp³-hybridized carbons (Fsp3) is 0.0455. The number of para-hydroxylation sites is 1. The first kappa shape index (κ1) is 17.4. The molecule has 0 saturated carbocycles. The van der Waals surface area contributed by atoms with Gasteiger partial charge < -0.3 is 9.73 Å². The third kappa shape index (κ3) is 3.21. The van der Waals surface area contributed by atoms with Gasteiger partial charge in [0.15, 0.2) is 10.9 Å². The number of carbonyl (C=O) groups excluding carboxylic acids is 1. The van der Waals surface area contributed by atoms with Crippen molar-refractivity contribution in [1.29, 1.82) is 0 Å². The zero-order valence-electron chi connectivity index (χ0n) is 15.5. The number of nitrogens with one attached hydrogen (secondary N) is 1. The lowest BCUT2D eigenvalue weighted by molar-refractivity contribution is 0.0998. The number of amides is 1. The van der Waals surface area contributed by atoms with Crippen LogP contribution < -0.4 is 5.32 Å². The van der Waals surface area contributed by atoms with Gasteiger partial charge in [-0.2, -0.15) is 0 Å². The van der Waals surface area contributed by atoms with Gasteiger partial charge in [0.1, 0.15) is 17.2 Å². The molecular formula is C22H16N4O2S. The molecule has 0 unspecified atom stereocenters. The summed E-state index contributed by atoms with van der Waals surface area (Å²) >= 11 is 1.49. The molecular weight excluding hydrogens is 384 g/mol. The maximum atomic E-state index is 12.7. The normalized spacial score (nSPS) is 11.1. The smallest absolute Gasteiger partial charge is 0.292 e. The van der Waals surface area contributed by atoms with Crippen molar-refractivity contribution in [2.45, 2.75) is 6.92 Å². The summed E-state index contributed by atoms with van der Waals surface area (Å²) in [5.74, 6) is 1.20. The summed E-state index contributed by atoms with van der Waals surface area (Å²) in [5.41, 5.74) is 2.60. The molecule has 0 fully saturated rings. The van der Waals surface area contributed by atoms with Crippen molar-refractivity contribution in [2.75, 3.05) is 5.32 Å². The summed E-state index contributed by atoms with van der Waals surface area (Å²) in [7, 11) is 0. The van der Waals surface area contributed by atoms with E-state index in [9.17, 15) is 4.79 Å². The van der Waals surface area contributed by atoms with Crippen LogP contribution in [0.5, 0.6) is 0 Å². The van der Waals surface area contributed by atoms with Crippen molar-refractivity contribution >= 4 is 34.0 Å². The number of imidazole rings is 1. The Morgan fingerprint density at radius 1 is 1.10 bits per heavy atom. The van der Waals surface area contributed by atoms with Gasteiger partial charge in [0, 0.05) is 16.3 Å². The highest BCUT2D eigenvalue weighted by molar-refractivity contribution is 7.12. The van der Waals surface area contributed by atoms with Gasteiger partial charge in [0.25, 0.3) is 5.91 Å². The van der Waals surface area contributed by atoms with Gasteiger partial charge >= 0.3 is 0 Å². The molecule has 3 heterocycles. The number of fused-ring (bicyclic) bond motifs is 1. The molecule has 29 heavy (non-hydrogen) atoms. The topological polar surface area (TPSA) is 73.0 Å². The summed E-state index contributed by atoms with van der Waals surface area (Å²) < 4.78 is 7.49. The second-order valence-electron chi connectivity index (χ2n) is 6.51. The lowest BCUT2D eigenvalue weighted by Gasteiger charge is -2.07. The number of anilines is 1. The summed E-state index contributed by atoms with van der Waals surface area (Å²) in [6.45, 7) is 1.88. The lowest BCUT2D eigenvalue weighted by Crippen LogP contribution is -2.14. The van der Waals surface area contributed by atoms with E-state index in [2.05, 4.69) is 10.3 Å². The molecule has 0 saturated heterocycles. The molecule has 0 atom stereocenters.